The highest BCUT2D eigenvalue weighted by atomic mass is 16.1. The molecule has 0 saturated heterocycles. The molecule has 0 saturated carbocycles. The first kappa shape index (κ1) is 15.7. The van der Waals surface area contributed by atoms with E-state index in [0.29, 0.717) is 5.57 Å². The van der Waals surface area contributed by atoms with Gasteiger partial charge in [-0.05, 0) is 13.8 Å². The van der Waals surface area contributed by atoms with Gasteiger partial charge in [0.25, 0.3) is 0 Å². The highest BCUT2D eigenvalue weighted by Crippen LogP contribution is 1.85. The van der Waals surface area contributed by atoms with Crippen molar-refractivity contribution in [2.45, 2.75) is 13.8 Å². The molecule has 4 nitrogen and oxygen atoms in total. The Morgan fingerprint density at radius 2 is 1.78 bits per heavy atom. The van der Waals surface area contributed by atoms with Gasteiger partial charge in [-0.1, -0.05) is 6.08 Å². The minimum atomic E-state index is -0.345. The second-order valence-electron chi connectivity index (χ2n) is 1.34. The number of hydrogen-bond donors (Lipinski definition) is 3. The Labute approximate surface area is 55.3 Å². The number of carbonyl (C=O) groups is 1. The smallest absolute Gasteiger partial charge is 0.243 e. The number of carbonyl (C=O) groups excluding carboxylic acids is 1. The van der Waals surface area contributed by atoms with Crippen molar-refractivity contribution in [3.8, 4) is 0 Å². The van der Waals surface area contributed by atoms with E-state index in [9.17, 15) is 4.79 Å². The van der Waals surface area contributed by atoms with E-state index >= 15 is 0 Å². The van der Waals surface area contributed by atoms with Gasteiger partial charge in [0.2, 0.25) is 5.91 Å². The van der Waals surface area contributed by atoms with Gasteiger partial charge in [0.05, 0.1) is 0 Å². The Morgan fingerprint density at radius 3 is 1.78 bits per heavy atom. The predicted octanol–water partition coefficient (Wildman–Crippen LogP) is 0.762. The summed E-state index contributed by atoms with van der Waals surface area (Å²) >= 11 is 0. The molecule has 4 heteroatoms. The van der Waals surface area contributed by atoms with Gasteiger partial charge in [0, 0.05) is 5.57 Å². The Kier molecular flexibility index (Phi) is 12.4. The molecule has 0 aliphatic carbocycles. The highest BCUT2D eigenvalue weighted by Gasteiger charge is 1.90. The fourth-order valence-electron chi connectivity index (χ4n) is 0.142. The lowest BCUT2D eigenvalue weighted by molar-refractivity contribution is -0.114. The van der Waals surface area contributed by atoms with Crippen molar-refractivity contribution in [1.82, 2.24) is 12.3 Å². The SMILES string of the molecule is CC=C(C)C(N)=O.N.N. The summed E-state index contributed by atoms with van der Waals surface area (Å²) in [5.74, 6) is -0.345. The summed E-state index contributed by atoms with van der Waals surface area (Å²) in [6, 6.07) is 0. The molecule has 0 fully saturated rings. The van der Waals surface area contributed by atoms with Crippen LogP contribution in [-0.2, 0) is 4.79 Å². The maximum Gasteiger partial charge on any atom is 0.243 e. The minimum absolute atomic E-state index is 0. The van der Waals surface area contributed by atoms with Crippen molar-refractivity contribution in [3.63, 3.8) is 0 Å². The first-order valence-corrected chi connectivity index (χ1v) is 2.11. The monoisotopic (exact) mass is 133 g/mol. The van der Waals surface area contributed by atoms with Crippen LogP contribution in [0.15, 0.2) is 11.6 Å². The Bertz CT molecular complexity index is 109. The Hall–Kier alpha value is -0.870. The average molecular weight is 133 g/mol. The van der Waals surface area contributed by atoms with E-state index in [2.05, 4.69) is 0 Å². The predicted molar refractivity (Wildman–Crippen MR) is 38.7 cm³/mol. The zero-order chi connectivity index (χ0) is 5.86. The second-order valence-corrected chi connectivity index (χ2v) is 1.34. The second kappa shape index (κ2) is 7.13. The van der Waals surface area contributed by atoms with Crippen LogP contribution in [-0.4, -0.2) is 5.91 Å². The molecule has 0 heterocycles. The van der Waals surface area contributed by atoms with Gasteiger partial charge in [0.1, 0.15) is 0 Å². The van der Waals surface area contributed by atoms with Crippen LogP contribution in [0.4, 0.5) is 0 Å². The van der Waals surface area contributed by atoms with Gasteiger partial charge in [-0.25, -0.2) is 0 Å². The third-order valence-corrected chi connectivity index (χ3v) is 0.822. The lowest BCUT2D eigenvalue weighted by Crippen LogP contribution is -2.10. The highest BCUT2D eigenvalue weighted by molar-refractivity contribution is 5.91. The first-order valence-electron chi connectivity index (χ1n) is 2.11. The normalized spacial score (nSPS) is 8.89. The molecular formula is C5H15N3O. The number of hydrogen-bond acceptors (Lipinski definition) is 3. The standard InChI is InChI=1S/C5H9NO.2H3N/c1-3-4(2)5(6)7;;/h3H,1-2H3,(H2,6,7);2*1H3. The molecule has 0 spiro atoms. The van der Waals surface area contributed by atoms with E-state index in [1.54, 1.807) is 19.9 Å². The van der Waals surface area contributed by atoms with Gasteiger partial charge >= 0.3 is 0 Å². The molecule has 8 N–H and O–H groups in total. The summed E-state index contributed by atoms with van der Waals surface area (Å²) in [7, 11) is 0. The van der Waals surface area contributed by atoms with Crippen molar-refractivity contribution in [3.05, 3.63) is 11.6 Å². The van der Waals surface area contributed by atoms with Crippen LogP contribution in [0.25, 0.3) is 0 Å². The van der Waals surface area contributed by atoms with Gasteiger partial charge in [-0.15, -0.1) is 0 Å². The molecule has 0 rings (SSSR count). The van der Waals surface area contributed by atoms with E-state index in [-0.39, 0.29) is 18.2 Å². The van der Waals surface area contributed by atoms with Crippen LogP contribution in [0.3, 0.4) is 0 Å². The number of nitrogens with two attached hydrogens (primary N) is 1. The Balaban J connectivity index is -0.000000180. The van der Waals surface area contributed by atoms with Crippen LogP contribution in [0.2, 0.25) is 0 Å². The summed E-state index contributed by atoms with van der Waals surface area (Å²) < 4.78 is 0. The zero-order valence-electron chi connectivity index (χ0n) is 5.98. The van der Waals surface area contributed by atoms with Crippen LogP contribution >= 0.6 is 0 Å². The first-order chi connectivity index (χ1) is 3.18. The van der Waals surface area contributed by atoms with Crippen molar-refractivity contribution < 1.29 is 4.79 Å². The number of amides is 1. The number of rotatable bonds is 1. The largest absolute Gasteiger partial charge is 0.366 e. The van der Waals surface area contributed by atoms with Gasteiger partial charge in [-0.2, -0.15) is 0 Å². The summed E-state index contributed by atoms with van der Waals surface area (Å²) in [5.41, 5.74) is 5.45. The van der Waals surface area contributed by atoms with E-state index in [0.717, 1.165) is 0 Å². The molecule has 0 aromatic carbocycles. The molecule has 0 aromatic rings. The molecular weight excluding hydrogens is 118 g/mol. The maximum atomic E-state index is 10.1. The molecule has 0 unspecified atom stereocenters. The summed E-state index contributed by atoms with van der Waals surface area (Å²) in [5, 5.41) is 0. The number of primary amides is 1. The van der Waals surface area contributed by atoms with Crippen molar-refractivity contribution in [1.29, 1.82) is 0 Å². The topological polar surface area (TPSA) is 113 Å². The summed E-state index contributed by atoms with van der Waals surface area (Å²) in [6.45, 7) is 3.46. The van der Waals surface area contributed by atoms with Crippen LogP contribution < -0.4 is 18.0 Å². The molecule has 0 bridgehead atoms. The molecule has 56 valence electrons. The van der Waals surface area contributed by atoms with Crippen LogP contribution in [0.5, 0.6) is 0 Å². The lowest BCUT2D eigenvalue weighted by atomic mass is 10.3. The van der Waals surface area contributed by atoms with E-state index in [4.69, 9.17) is 5.73 Å². The van der Waals surface area contributed by atoms with Crippen LogP contribution in [0, 0.1) is 0 Å². The number of allylic oxidation sites excluding steroid dienone is 1. The van der Waals surface area contributed by atoms with E-state index in [1.807, 2.05) is 0 Å². The third kappa shape index (κ3) is 7.13. The molecule has 0 atom stereocenters. The fourth-order valence-corrected chi connectivity index (χ4v) is 0.142. The summed E-state index contributed by atoms with van der Waals surface area (Å²) in [4.78, 5) is 10.1. The molecule has 0 aromatic heterocycles. The average Bonchev–Trinajstić information content (AvgIpc) is 1.65. The maximum absolute atomic E-state index is 10.1. The van der Waals surface area contributed by atoms with Crippen LogP contribution in [0.1, 0.15) is 13.8 Å². The molecule has 0 aliphatic heterocycles. The third-order valence-electron chi connectivity index (χ3n) is 0.822. The molecule has 0 radical (unpaired) electrons. The molecule has 9 heavy (non-hydrogen) atoms. The van der Waals surface area contributed by atoms with Crippen molar-refractivity contribution in [2.75, 3.05) is 0 Å². The van der Waals surface area contributed by atoms with Gasteiger partial charge in [0.15, 0.2) is 0 Å². The van der Waals surface area contributed by atoms with Gasteiger partial charge in [-0.3, -0.25) is 4.79 Å². The molecule has 0 aliphatic rings. The minimum Gasteiger partial charge on any atom is -0.366 e. The van der Waals surface area contributed by atoms with E-state index in [1.165, 1.54) is 0 Å². The van der Waals surface area contributed by atoms with Crippen molar-refractivity contribution >= 4 is 5.91 Å². The lowest BCUT2D eigenvalue weighted by Gasteiger charge is -1.85. The quantitative estimate of drug-likeness (QED) is 0.459. The van der Waals surface area contributed by atoms with Crippen molar-refractivity contribution in [2.24, 2.45) is 5.73 Å². The zero-order valence-corrected chi connectivity index (χ0v) is 5.98. The fraction of sp³-hybridized carbons (Fsp3) is 0.400. The van der Waals surface area contributed by atoms with Gasteiger partial charge < -0.3 is 18.0 Å². The van der Waals surface area contributed by atoms with E-state index < -0.39 is 0 Å². The Morgan fingerprint density at radius 1 is 1.44 bits per heavy atom. The molecule has 1 amide bonds. The summed E-state index contributed by atoms with van der Waals surface area (Å²) in [6.07, 6.45) is 1.68.